The van der Waals surface area contributed by atoms with Gasteiger partial charge in [-0.3, -0.25) is 0 Å². The summed E-state index contributed by atoms with van der Waals surface area (Å²) in [6.07, 6.45) is 8.53. The summed E-state index contributed by atoms with van der Waals surface area (Å²) in [5.74, 6) is 0.897. The smallest absolute Gasteiger partial charge is 0.0589 e. The molecule has 0 aromatic heterocycles. The Bertz CT molecular complexity index is 215. The van der Waals surface area contributed by atoms with Crippen molar-refractivity contribution in [2.45, 2.75) is 38.5 Å². The highest BCUT2D eigenvalue weighted by Crippen LogP contribution is 2.19. The number of hydrogen-bond donors (Lipinski definition) is 0. The lowest BCUT2D eigenvalue weighted by molar-refractivity contribution is 0.0988. The van der Waals surface area contributed by atoms with Gasteiger partial charge in [0.1, 0.15) is 0 Å². The second-order valence-electron chi connectivity index (χ2n) is 6.02. The van der Waals surface area contributed by atoms with Crippen LogP contribution >= 0.6 is 0 Å². The molecule has 1 atom stereocenters. The molecule has 106 valence electrons. The second-order valence-corrected chi connectivity index (χ2v) is 6.02. The summed E-state index contributed by atoms with van der Waals surface area (Å²) in [7, 11) is 1.80. The summed E-state index contributed by atoms with van der Waals surface area (Å²) in [5, 5.41) is 0. The average Bonchev–Trinajstić information content (AvgIpc) is 2.65. The fourth-order valence-corrected chi connectivity index (χ4v) is 3.41. The zero-order chi connectivity index (χ0) is 12.6. The van der Waals surface area contributed by atoms with E-state index < -0.39 is 0 Å². The fraction of sp³-hybridized carbons (Fsp3) is 1.00. The Labute approximate surface area is 112 Å². The van der Waals surface area contributed by atoms with Crippen LogP contribution in [0.2, 0.25) is 0 Å². The number of nitrogens with zero attached hydrogens (tertiary/aromatic N) is 2. The van der Waals surface area contributed by atoms with E-state index in [4.69, 9.17) is 4.74 Å². The molecule has 2 heterocycles. The van der Waals surface area contributed by atoms with Crippen LogP contribution < -0.4 is 0 Å². The van der Waals surface area contributed by atoms with Crippen LogP contribution in [0, 0.1) is 5.92 Å². The highest BCUT2D eigenvalue weighted by Gasteiger charge is 2.22. The minimum absolute atomic E-state index is 0.885. The van der Waals surface area contributed by atoms with Gasteiger partial charge in [-0.15, -0.1) is 0 Å². The Balaban J connectivity index is 1.70. The number of piperidine rings is 1. The summed E-state index contributed by atoms with van der Waals surface area (Å²) in [6.45, 7) is 8.59. The first-order valence-corrected chi connectivity index (χ1v) is 7.82. The maximum Gasteiger partial charge on any atom is 0.0589 e. The van der Waals surface area contributed by atoms with Crippen LogP contribution in [0.4, 0.5) is 0 Å². The standard InChI is InChI=1S/C15H30N2O/c1-18-12-11-17-10-6-7-15(14-17)13-16-8-4-2-3-5-9-16/h15H,2-14H2,1H3. The van der Waals surface area contributed by atoms with Crippen molar-refractivity contribution in [1.29, 1.82) is 0 Å². The molecule has 2 aliphatic heterocycles. The molecule has 0 bridgehead atoms. The summed E-state index contributed by atoms with van der Waals surface area (Å²) >= 11 is 0. The second kappa shape index (κ2) is 8.13. The molecule has 0 amide bonds. The van der Waals surface area contributed by atoms with E-state index in [0.717, 1.165) is 19.1 Å². The molecule has 0 aromatic carbocycles. The van der Waals surface area contributed by atoms with Gasteiger partial charge in [-0.05, 0) is 51.2 Å². The van der Waals surface area contributed by atoms with Crippen LogP contribution in [0.25, 0.3) is 0 Å². The largest absolute Gasteiger partial charge is 0.383 e. The molecular formula is C15H30N2O. The summed E-state index contributed by atoms with van der Waals surface area (Å²) in [4.78, 5) is 5.31. The van der Waals surface area contributed by atoms with Crippen LogP contribution in [-0.4, -0.2) is 62.8 Å². The summed E-state index contributed by atoms with van der Waals surface area (Å²) in [6, 6.07) is 0. The third-order valence-electron chi connectivity index (χ3n) is 4.43. The molecule has 0 radical (unpaired) electrons. The van der Waals surface area contributed by atoms with Crippen LogP contribution in [0.1, 0.15) is 38.5 Å². The molecule has 3 nitrogen and oxygen atoms in total. The van der Waals surface area contributed by atoms with E-state index in [1.54, 1.807) is 7.11 Å². The lowest BCUT2D eigenvalue weighted by atomic mass is 9.97. The average molecular weight is 254 g/mol. The lowest BCUT2D eigenvalue weighted by Crippen LogP contribution is -2.42. The van der Waals surface area contributed by atoms with Gasteiger partial charge < -0.3 is 14.5 Å². The maximum atomic E-state index is 5.19. The zero-order valence-corrected chi connectivity index (χ0v) is 12.1. The highest BCUT2D eigenvalue weighted by molar-refractivity contribution is 4.76. The quantitative estimate of drug-likeness (QED) is 0.748. The molecule has 0 aliphatic carbocycles. The van der Waals surface area contributed by atoms with E-state index >= 15 is 0 Å². The van der Waals surface area contributed by atoms with E-state index in [0.29, 0.717) is 0 Å². The monoisotopic (exact) mass is 254 g/mol. The molecule has 0 N–H and O–H groups in total. The Hall–Kier alpha value is -0.120. The molecule has 0 aromatic rings. The van der Waals surface area contributed by atoms with Gasteiger partial charge in [-0.25, -0.2) is 0 Å². The molecule has 0 spiro atoms. The minimum Gasteiger partial charge on any atom is -0.383 e. The summed E-state index contributed by atoms with van der Waals surface area (Å²) in [5.41, 5.74) is 0. The van der Waals surface area contributed by atoms with Crippen molar-refractivity contribution in [3.8, 4) is 0 Å². The van der Waals surface area contributed by atoms with Crippen molar-refractivity contribution in [2.75, 3.05) is 53.0 Å². The Morgan fingerprint density at radius 2 is 1.67 bits per heavy atom. The van der Waals surface area contributed by atoms with Crippen molar-refractivity contribution in [2.24, 2.45) is 5.92 Å². The molecule has 2 saturated heterocycles. The number of rotatable bonds is 5. The van der Waals surface area contributed by atoms with Crippen LogP contribution in [0.15, 0.2) is 0 Å². The van der Waals surface area contributed by atoms with Crippen molar-refractivity contribution in [3.05, 3.63) is 0 Å². The van der Waals surface area contributed by atoms with Gasteiger partial charge >= 0.3 is 0 Å². The molecule has 2 rings (SSSR count). The highest BCUT2D eigenvalue weighted by atomic mass is 16.5. The minimum atomic E-state index is 0.885. The third-order valence-corrected chi connectivity index (χ3v) is 4.43. The first-order chi connectivity index (χ1) is 8.88. The molecule has 1 unspecified atom stereocenters. The first kappa shape index (κ1) is 14.3. The SMILES string of the molecule is COCCN1CCCC(CN2CCCCCC2)C1. The third kappa shape index (κ3) is 4.87. The van der Waals surface area contributed by atoms with Crippen molar-refractivity contribution >= 4 is 0 Å². The molecule has 3 heteroatoms. The van der Waals surface area contributed by atoms with E-state index in [1.165, 1.54) is 71.2 Å². The number of methoxy groups -OCH3 is 1. The Morgan fingerprint density at radius 3 is 2.39 bits per heavy atom. The molecular weight excluding hydrogens is 224 g/mol. The first-order valence-electron chi connectivity index (χ1n) is 7.82. The summed E-state index contributed by atoms with van der Waals surface area (Å²) < 4.78 is 5.19. The van der Waals surface area contributed by atoms with Crippen LogP contribution in [0.5, 0.6) is 0 Å². The normalized spacial score (nSPS) is 28.2. The van der Waals surface area contributed by atoms with Gasteiger partial charge in [0.25, 0.3) is 0 Å². The number of ether oxygens (including phenoxy) is 1. The van der Waals surface area contributed by atoms with Crippen LogP contribution in [-0.2, 0) is 4.74 Å². The number of hydrogen-bond acceptors (Lipinski definition) is 3. The molecule has 0 saturated carbocycles. The molecule has 2 aliphatic rings. The van der Waals surface area contributed by atoms with E-state index in [1.807, 2.05) is 0 Å². The van der Waals surface area contributed by atoms with Gasteiger partial charge in [0.05, 0.1) is 6.61 Å². The van der Waals surface area contributed by atoms with Gasteiger partial charge in [-0.2, -0.15) is 0 Å². The van der Waals surface area contributed by atoms with Gasteiger partial charge in [0.15, 0.2) is 0 Å². The predicted molar refractivity (Wildman–Crippen MR) is 75.9 cm³/mol. The van der Waals surface area contributed by atoms with E-state index in [9.17, 15) is 0 Å². The van der Waals surface area contributed by atoms with Crippen molar-refractivity contribution in [1.82, 2.24) is 9.80 Å². The zero-order valence-electron chi connectivity index (χ0n) is 12.1. The van der Waals surface area contributed by atoms with Crippen LogP contribution in [0.3, 0.4) is 0 Å². The fourth-order valence-electron chi connectivity index (χ4n) is 3.41. The van der Waals surface area contributed by atoms with E-state index in [-0.39, 0.29) is 0 Å². The van der Waals surface area contributed by atoms with Crippen molar-refractivity contribution < 1.29 is 4.74 Å². The number of likely N-dealkylation sites (tertiary alicyclic amines) is 2. The van der Waals surface area contributed by atoms with Gasteiger partial charge in [0, 0.05) is 26.7 Å². The Kier molecular flexibility index (Phi) is 6.46. The lowest BCUT2D eigenvalue weighted by Gasteiger charge is -2.35. The van der Waals surface area contributed by atoms with Crippen molar-refractivity contribution in [3.63, 3.8) is 0 Å². The van der Waals surface area contributed by atoms with Gasteiger partial charge in [-0.1, -0.05) is 12.8 Å². The predicted octanol–water partition coefficient (Wildman–Crippen LogP) is 2.22. The maximum absolute atomic E-state index is 5.19. The Morgan fingerprint density at radius 1 is 0.944 bits per heavy atom. The van der Waals surface area contributed by atoms with Gasteiger partial charge in [0.2, 0.25) is 0 Å². The topological polar surface area (TPSA) is 15.7 Å². The van der Waals surface area contributed by atoms with E-state index in [2.05, 4.69) is 9.80 Å². The molecule has 18 heavy (non-hydrogen) atoms. The molecule has 2 fully saturated rings.